The number of rotatable bonds is 12. The van der Waals surface area contributed by atoms with Crippen LogP contribution in [0, 0.1) is 28.1 Å². The molecule has 0 radical (unpaired) electrons. The molecule has 3 aliphatic carbocycles. The third-order valence-electron chi connectivity index (χ3n) is 9.86. The Morgan fingerprint density at radius 2 is 1.78 bits per heavy atom. The Bertz CT molecular complexity index is 967. The predicted octanol–water partition coefficient (Wildman–Crippen LogP) is 1.88. The molecule has 37 heavy (non-hydrogen) atoms. The van der Waals surface area contributed by atoms with Crippen LogP contribution in [0.3, 0.4) is 0 Å². The molecule has 3 saturated carbocycles. The number of nitrogens with zero attached hydrogens (tertiary/aromatic N) is 1. The number of amides is 1. The van der Waals surface area contributed by atoms with Crippen LogP contribution in [0.5, 0.6) is 0 Å². The summed E-state index contributed by atoms with van der Waals surface area (Å²) in [7, 11) is -4.54. The standard InChI is InChI=1S/C25H46N6O5S/c1-24(2)17-11-12-25(24,3)20(15-17)30-21(32)19(14-16-8-5-4-6-9-16)31(37(28,35)36)18(22(33)34)10-7-13-29-23(26)27/h16-20H,4-15H2,1-3H3,(H,30,32)(H,33,34)(H4,26,27,29)(H2,28,35,36)/t17-,18+,19+,20+,25+/m1/s1. The van der Waals surface area contributed by atoms with Crippen molar-refractivity contribution in [3.63, 3.8) is 0 Å². The summed E-state index contributed by atoms with van der Waals surface area (Å²) in [5.74, 6) is -1.47. The second-order valence-electron chi connectivity index (χ2n) is 12.1. The van der Waals surface area contributed by atoms with Crippen molar-refractivity contribution in [1.29, 1.82) is 5.41 Å². The van der Waals surface area contributed by atoms with Gasteiger partial charge in [0.1, 0.15) is 12.1 Å². The van der Waals surface area contributed by atoms with Gasteiger partial charge in [0.15, 0.2) is 5.96 Å². The number of carboxylic acid groups (broad SMARTS) is 1. The molecule has 12 heteroatoms. The van der Waals surface area contributed by atoms with E-state index in [4.69, 9.17) is 16.3 Å². The van der Waals surface area contributed by atoms with E-state index in [2.05, 4.69) is 31.4 Å². The summed E-state index contributed by atoms with van der Waals surface area (Å²) < 4.78 is 26.6. The number of fused-ring (bicyclic) bond motifs is 2. The van der Waals surface area contributed by atoms with Crippen molar-refractivity contribution in [1.82, 2.24) is 14.9 Å². The first-order chi connectivity index (χ1) is 17.2. The van der Waals surface area contributed by atoms with Gasteiger partial charge in [-0.15, -0.1) is 0 Å². The summed E-state index contributed by atoms with van der Waals surface area (Å²) in [5, 5.41) is 28.7. The predicted molar refractivity (Wildman–Crippen MR) is 142 cm³/mol. The Hall–Kier alpha value is -1.92. The van der Waals surface area contributed by atoms with Gasteiger partial charge in [-0.2, -0.15) is 12.7 Å². The molecule has 0 saturated heterocycles. The Morgan fingerprint density at radius 1 is 1.14 bits per heavy atom. The number of carbonyl (C=O) groups is 2. The van der Waals surface area contributed by atoms with Gasteiger partial charge in [-0.05, 0) is 61.2 Å². The zero-order valence-corrected chi connectivity index (χ0v) is 23.3. The average molecular weight is 543 g/mol. The van der Waals surface area contributed by atoms with Crippen molar-refractivity contribution in [3.05, 3.63) is 0 Å². The highest BCUT2D eigenvalue weighted by molar-refractivity contribution is 7.86. The lowest BCUT2D eigenvalue weighted by atomic mass is 9.69. The molecule has 11 nitrogen and oxygen atoms in total. The van der Waals surface area contributed by atoms with Gasteiger partial charge in [-0.25, -0.2) is 5.14 Å². The molecule has 5 atom stereocenters. The maximum Gasteiger partial charge on any atom is 0.322 e. The zero-order chi connectivity index (χ0) is 27.6. The largest absolute Gasteiger partial charge is 0.480 e. The van der Waals surface area contributed by atoms with E-state index in [1.807, 2.05) is 0 Å². The van der Waals surface area contributed by atoms with Gasteiger partial charge in [-0.1, -0.05) is 52.9 Å². The highest BCUT2D eigenvalue weighted by atomic mass is 32.2. The van der Waals surface area contributed by atoms with Gasteiger partial charge in [-0.3, -0.25) is 15.0 Å². The number of hydrogen-bond acceptors (Lipinski definition) is 5. The maximum atomic E-state index is 13.9. The summed E-state index contributed by atoms with van der Waals surface area (Å²) in [6.07, 6.45) is 8.19. The maximum absolute atomic E-state index is 13.9. The molecule has 3 fully saturated rings. The minimum atomic E-state index is -4.54. The van der Waals surface area contributed by atoms with Crippen LogP contribution in [-0.4, -0.2) is 60.3 Å². The smallest absolute Gasteiger partial charge is 0.322 e. The number of hydrogen-bond donors (Lipinski definition) is 6. The lowest BCUT2D eigenvalue weighted by Crippen LogP contribution is -2.60. The van der Waals surface area contributed by atoms with E-state index in [1.165, 1.54) is 0 Å². The summed E-state index contributed by atoms with van der Waals surface area (Å²) in [4.78, 5) is 26.3. The molecule has 0 aliphatic heterocycles. The summed E-state index contributed by atoms with van der Waals surface area (Å²) in [6, 6.07) is -2.81. The molecule has 2 bridgehead atoms. The lowest BCUT2D eigenvalue weighted by molar-refractivity contribution is -0.143. The average Bonchev–Trinajstić information content (AvgIpc) is 3.13. The number of aliphatic carboxylic acids is 1. The molecule has 0 aromatic heterocycles. The summed E-state index contributed by atoms with van der Waals surface area (Å²) in [5.41, 5.74) is 5.24. The fraction of sp³-hybridized carbons (Fsp3) is 0.880. The van der Waals surface area contributed by atoms with E-state index in [0.717, 1.165) is 55.7 Å². The van der Waals surface area contributed by atoms with Crippen molar-refractivity contribution < 1.29 is 23.1 Å². The molecule has 8 N–H and O–H groups in total. The van der Waals surface area contributed by atoms with Crippen molar-refractivity contribution >= 4 is 28.0 Å². The quantitative estimate of drug-likeness (QED) is 0.123. The van der Waals surface area contributed by atoms with Crippen molar-refractivity contribution in [3.8, 4) is 0 Å². The van der Waals surface area contributed by atoms with Crippen molar-refractivity contribution in [2.24, 2.45) is 33.5 Å². The molecule has 212 valence electrons. The first kappa shape index (κ1) is 29.6. The third-order valence-corrected chi connectivity index (χ3v) is 11.0. The number of carbonyl (C=O) groups excluding carboxylic acids is 1. The molecular weight excluding hydrogens is 496 g/mol. The number of nitrogens with two attached hydrogens (primary N) is 2. The van der Waals surface area contributed by atoms with E-state index in [0.29, 0.717) is 5.92 Å². The normalized spacial score (nSPS) is 29.1. The first-order valence-electron chi connectivity index (χ1n) is 13.6. The van der Waals surface area contributed by atoms with Crippen LogP contribution >= 0.6 is 0 Å². The molecule has 0 aromatic carbocycles. The fourth-order valence-corrected chi connectivity index (χ4v) is 8.29. The molecule has 0 unspecified atom stereocenters. The van der Waals surface area contributed by atoms with Crippen LogP contribution in [0.25, 0.3) is 0 Å². The molecule has 1 amide bonds. The topological polar surface area (TPSA) is 192 Å². The van der Waals surface area contributed by atoms with Crippen LogP contribution in [0.4, 0.5) is 0 Å². The zero-order valence-electron chi connectivity index (χ0n) is 22.5. The Labute approximate surface area is 221 Å². The molecule has 0 aromatic rings. The minimum Gasteiger partial charge on any atom is -0.480 e. The van der Waals surface area contributed by atoms with Crippen LogP contribution in [0.1, 0.15) is 91.4 Å². The monoisotopic (exact) mass is 542 g/mol. The van der Waals surface area contributed by atoms with Gasteiger partial charge in [0.2, 0.25) is 5.91 Å². The van der Waals surface area contributed by atoms with Gasteiger partial charge in [0.05, 0.1) is 0 Å². The van der Waals surface area contributed by atoms with Gasteiger partial charge in [0.25, 0.3) is 10.2 Å². The van der Waals surface area contributed by atoms with E-state index >= 15 is 0 Å². The van der Waals surface area contributed by atoms with Crippen molar-refractivity contribution in [2.45, 2.75) is 110 Å². The number of nitrogens with one attached hydrogen (secondary N) is 3. The van der Waals surface area contributed by atoms with Gasteiger partial charge < -0.3 is 21.5 Å². The van der Waals surface area contributed by atoms with Gasteiger partial charge >= 0.3 is 5.97 Å². The number of guanidine groups is 1. The third kappa shape index (κ3) is 6.39. The highest BCUT2D eigenvalue weighted by Gasteiger charge is 2.62. The van der Waals surface area contributed by atoms with Gasteiger partial charge in [0, 0.05) is 12.6 Å². The fourth-order valence-electron chi connectivity index (χ4n) is 7.20. The first-order valence-corrected chi connectivity index (χ1v) is 15.1. The lowest BCUT2D eigenvalue weighted by Gasteiger charge is -2.41. The molecular formula is C25H46N6O5S. The van der Waals surface area contributed by atoms with Crippen LogP contribution in [-0.2, 0) is 19.8 Å². The second kappa shape index (κ2) is 11.4. The Morgan fingerprint density at radius 3 is 2.27 bits per heavy atom. The summed E-state index contributed by atoms with van der Waals surface area (Å²) >= 11 is 0. The van der Waals surface area contributed by atoms with Crippen molar-refractivity contribution in [2.75, 3.05) is 6.54 Å². The highest BCUT2D eigenvalue weighted by Crippen LogP contribution is 2.65. The Kier molecular flexibility index (Phi) is 9.17. The molecule has 0 spiro atoms. The van der Waals surface area contributed by atoms with Crippen LogP contribution < -0.4 is 21.5 Å². The number of carboxylic acids is 1. The SMILES string of the molecule is CC1(C)[C@@H]2CC[C@@]1(C)[C@@H](NC(=O)[C@H](CC1CCCCC1)N([C@@H](CCCNC(=N)N)C(=O)O)S(N)(=O)=O)C2. The van der Waals surface area contributed by atoms with E-state index in [9.17, 15) is 23.1 Å². The van der Waals surface area contributed by atoms with Crippen LogP contribution in [0.2, 0.25) is 0 Å². The van der Waals surface area contributed by atoms with E-state index in [-0.39, 0.29) is 54.6 Å². The second-order valence-corrected chi connectivity index (χ2v) is 13.6. The molecule has 3 aliphatic rings. The van der Waals surface area contributed by atoms with E-state index < -0.39 is 34.2 Å². The Balaban J connectivity index is 1.89. The van der Waals surface area contributed by atoms with E-state index in [1.54, 1.807) is 0 Å². The molecule has 0 heterocycles. The minimum absolute atomic E-state index is 0.0523. The summed E-state index contributed by atoms with van der Waals surface area (Å²) in [6.45, 7) is 6.87. The van der Waals surface area contributed by atoms with Crippen LogP contribution in [0.15, 0.2) is 0 Å². The molecule has 3 rings (SSSR count).